The van der Waals surface area contributed by atoms with E-state index in [0.717, 1.165) is 0 Å². The maximum Gasteiger partial charge on any atom is 0.246 e. The molecule has 2 aromatic rings. The van der Waals surface area contributed by atoms with Gasteiger partial charge in [-0.3, -0.25) is 4.79 Å². The van der Waals surface area contributed by atoms with Gasteiger partial charge in [-0.05, 0) is 13.0 Å². The average molecular weight is 233 g/mol. The Bertz CT molecular complexity index is 525. The fraction of sp³-hybridized carbons (Fsp3) is 0.417. The van der Waals surface area contributed by atoms with Crippen molar-refractivity contribution in [3.8, 4) is 0 Å². The van der Waals surface area contributed by atoms with E-state index in [1.165, 1.54) is 0 Å². The molecule has 0 aliphatic rings. The molecule has 90 valence electrons. The number of carbonyl (C=O) groups excluding carboxylic acids is 1. The van der Waals surface area contributed by atoms with Gasteiger partial charge in [0.25, 0.3) is 0 Å². The molecule has 17 heavy (non-hydrogen) atoms. The van der Waals surface area contributed by atoms with Crippen molar-refractivity contribution >= 4 is 5.78 Å². The van der Waals surface area contributed by atoms with E-state index in [1.807, 2.05) is 24.6 Å². The summed E-state index contributed by atoms with van der Waals surface area (Å²) < 4.78 is 6.99. The van der Waals surface area contributed by atoms with Gasteiger partial charge in [-0.1, -0.05) is 19.0 Å². The van der Waals surface area contributed by atoms with E-state index in [2.05, 4.69) is 10.1 Å². The summed E-state index contributed by atoms with van der Waals surface area (Å²) in [6, 6.07) is 1.78. The summed E-state index contributed by atoms with van der Waals surface area (Å²) in [7, 11) is 0. The quantitative estimate of drug-likeness (QED) is 0.760. The van der Waals surface area contributed by atoms with Crippen LogP contribution in [0.5, 0.6) is 0 Å². The Morgan fingerprint density at radius 1 is 1.53 bits per heavy atom. The Morgan fingerprint density at radius 2 is 2.29 bits per heavy atom. The van der Waals surface area contributed by atoms with Gasteiger partial charge >= 0.3 is 0 Å². The highest BCUT2D eigenvalue weighted by atomic mass is 16.5. The van der Waals surface area contributed by atoms with E-state index in [-0.39, 0.29) is 11.7 Å². The molecule has 0 unspecified atom stereocenters. The minimum absolute atomic E-state index is 0.0529. The highest BCUT2D eigenvalue weighted by molar-refractivity contribution is 5.93. The van der Waals surface area contributed by atoms with Crippen LogP contribution in [0.3, 0.4) is 0 Å². The molecule has 0 atom stereocenters. The molecule has 0 aliphatic carbocycles. The van der Waals surface area contributed by atoms with Crippen molar-refractivity contribution in [2.45, 2.75) is 33.2 Å². The molecule has 0 spiro atoms. The van der Waals surface area contributed by atoms with Crippen molar-refractivity contribution in [3.05, 3.63) is 35.7 Å². The maximum atomic E-state index is 11.1. The molecule has 2 aromatic heterocycles. The summed E-state index contributed by atoms with van der Waals surface area (Å²) in [5, 5.41) is 3.89. The first-order valence-corrected chi connectivity index (χ1v) is 5.55. The molecule has 0 fully saturated rings. The van der Waals surface area contributed by atoms with Crippen LogP contribution in [0.25, 0.3) is 0 Å². The van der Waals surface area contributed by atoms with Gasteiger partial charge in [0.05, 0.1) is 0 Å². The summed E-state index contributed by atoms with van der Waals surface area (Å²) in [6.45, 7) is 6.06. The number of aromatic nitrogens is 3. The second-order valence-electron chi connectivity index (χ2n) is 4.33. The third kappa shape index (κ3) is 2.61. The Labute approximate surface area is 99.4 Å². The smallest absolute Gasteiger partial charge is 0.246 e. The zero-order valence-corrected chi connectivity index (χ0v) is 10.2. The first-order valence-electron chi connectivity index (χ1n) is 5.55. The zero-order chi connectivity index (χ0) is 12.4. The lowest BCUT2D eigenvalue weighted by Crippen LogP contribution is -1.98. The molecule has 0 saturated heterocycles. The van der Waals surface area contributed by atoms with Gasteiger partial charge in [0, 0.05) is 23.9 Å². The van der Waals surface area contributed by atoms with Gasteiger partial charge in [0.2, 0.25) is 5.89 Å². The fourth-order valence-electron chi connectivity index (χ4n) is 1.47. The number of nitrogens with zero attached hydrogens (tertiary/aromatic N) is 3. The number of ketones is 1. The van der Waals surface area contributed by atoms with Gasteiger partial charge in [-0.2, -0.15) is 4.98 Å². The van der Waals surface area contributed by atoms with Crippen LogP contribution in [-0.4, -0.2) is 20.5 Å². The summed E-state index contributed by atoms with van der Waals surface area (Å²) >= 11 is 0. The average Bonchev–Trinajstić information content (AvgIpc) is 2.87. The van der Waals surface area contributed by atoms with E-state index in [1.54, 1.807) is 19.2 Å². The van der Waals surface area contributed by atoms with Crippen LogP contribution in [0.15, 0.2) is 23.0 Å². The predicted molar refractivity (Wildman–Crippen MR) is 61.9 cm³/mol. The molecule has 0 aromatic carbocycles. The minimum atomic E-state index is 0.0529. The summed E-state index contributed by atoms with van der Waals surface area (Å²) in [5.74, 6) is 1.57. The topological polar surface area (TPSA) is 60.9 Å². The van der Waals surface area contributed by atoms with E-state index in [9.17, 15) is 4.79 Å². The van der Waals surface area contributed by atoms with Gasteiger partial charge in [0.15, 0.2) is 11.6 Å². The number of carbonyl (C=O) groups is 1. The molecule has 0 bridgehead atoms. The molecule has 0 radical (unpaired) electrons. The molecular weight excluding hydrogens is 218 g/mol. The summed E-state index contributed by atoms with van der Waals surface area (Å²) in [6.07, 6.45) is 3.61. The lowest BCUT2D eigenvalue weighted by atomic mass is 10.2. The normalized spacial score (nSPS) is 11.1. The van der Waals surface area contributed by atoms with Gasteiger partial charge < -0.3 is 9.09 Å². The molecule has 0 N–H and O–H groups in total. The monoisotopic (exact) mass is 233 g/mol. The number of hydrogen-bond acceptors (Lipinski definition) is 4. The van der Waals surface area contributed by atoms with Crippen LogP contribution < -0.4 is 0 Å². The summed E-state index contributed by atoms with van der Waals surface area (Å²) in [4.78, 5) is 15.4. The molecule has 2 heterocycles. The molecule has 0 saturated carbocycles. The first-order chi connectivity index (χ1) is 8.06. The lowest BCUT2D eigenvalue weighted by molar-refractivity contribution is 0.101. The van der Waals surface area contributed by atoms with Gasteiger partial charge in [-0.25, -0.2) is 0 Å². The van der Waals surface area contributed by atoms with Crippen LogP contribution >= 0.6 is 0 Å². The van der Waals surface area contributed by atoms with Crippen LogP contribution in [0.2, 0.25) is 0 Å². The number of hydrogen-bond donors (Lipinski definition) is 0. The standard InChI is InChI=1S/C12H15N3O2/c1-8(2)12-13-11(17-14-12)7-15-5-4-10(6-15)9(3)16/h4-6,8H,7H2,1-3H3. The summed E-state index contributed by atoms with van der Waals surface area (Å²) in [5.41, 5.74) is 0.689. The van der Waals surface area contributed by atoms with Crippen molar-refractivity contribution in [2.24, 2.45) is 0 Å². The van der Waals surface area contributed by atoms with Crippen LogP contribution in [0.1, 0.15) is 48.8 Å². The van der Waals surface area contributed by atoms with Crippen molar-refractivity contribution in [3.63, 3.8) is 0 Å². The SMILES string of the molecule is CC(=O)c1ccn(Cc2nc(C(C)C)no2)c1. The molecule has 0 aliphatic heterocycles. The highest BCUT2D eigenvalue weighted by Gasteiger charge is 2.10. The van der Waals surface area contributed by atoms with E-state index < -0.39 is 0 Å². The zero-order valence-electron chi connectivity index (χ0n) is 10.2. The first kappa shape index (κ1) is 11.6. The predicted octanol–water partition coefficient (Wildman–Crippen LogP) is 2.25. The second-order valence-corrected chi connectivity index (χ2v) is 4.33. The van der Waals surface area contributed by atoms with Crippen molar-refractivity contribution < 1.29 is 9.32 Å². The maximum absolute atomic E-state index is 11.1. The second kappa shape index (κ2) is 4.53. The number of Topliss-reactive ketones (excluding diaryl/α,β-unsaturated/α-hetero) is 1. The lowest BCUT2D eigenvalue weighted by Gasteiger charge is -1.96. The Hall–Kier alpha value is -1.91. The largest absolute Gasteiger partial charge is 0.344 e. The highest BCUT2D eigenvalue weighted by Crippen LogP contribution is 2.11. The molecule has 0 amide bonds. The minimum Gasteiger partial charge on any atom is -0.344 e. The van der Waals surface area contributed by atoms with Gasteiger partial charge in [0.1, 0.15) is 6.54 Å². The van der Waals surface area contributed by atoms with Crippen LogP contribution in [-0.2, 0) is 6.54 Å². The van der Waals surface area contributed by atoms with Crippen LogP contribution in [0, 0.1) is 0 Å². The Balaban J connectivity index is 2.11. The molecule has 2 rings (SSSR count). The molecule has 5 nitrogen and oxygen atoms in total. The van der Waals surface area contributed by atoms with E-state index >= 15 is 0 Å². The van der Waals surface area contributed by atoms with Crippen molar-refractivity contribution in [1.82, 2.24) is 14.7 Å². The van der Waals surface area contributed by atoms with E-state index in [0.29, 0.717) is 23.8 Å². The molecular formula is C12H15N3O2. The Morgan fingerprint density at radius 3 is 2.82 bits per heavy atom. The Kier molecular flexibility index (Phi) is 3.08. The van der Waals surface area contributed by atoms with Crippen molar-refractivity contribution in [1.29, 1.82) is 0 Å². The molecule has 5 heteroatoms. The fourth-order valence-corrected chi connectivity index (χ4v) is 1.47. The third-order valence-corrected chi connectivity index (χ3v) is 2.48. The van der Waals surface area contributed by atoms with Crippen molar-refractivity contribution in [2.75, 3.05) is 0 Å². The number of rotatable bonds is 4. The van der Waals surface area contributed by atoms with E-state index in [4.69, 9.17) is 4.52 Å². The van der Waals surface area contributed by atoms with Crippen LogP contribution in [0.4, 0.5) is 0 Å². The third-order valence-electron chi connectivity index (χ3n) is 2.48. The van der Waals surface area contributed by atoms with Gasteiger partial charge in [-0.15, -0.1) is 0 Å².